The van der Waals surface area contributed by atoms with Crippen LogP contribution in [-0.4, -0.2) is 28.2 Å². The number of benzene rings is 4. The van der Waals surface area contributed by atoms with Gasteiger partial charge >= 0.3 is 11.4 Å². The fourth-order valence-corrected chi connectivity index (χ4v) is 6.79. The van der Waals surface area contributed by atoms with Gasteiger partial charge in [0.25, 0.3) is 9.05 Å². The molecule has 0 bridgehead atoms. The zero-order valence-electron chi connectivity index (χ0n) is 25.5. The van der Waals surface area contributed by atoms with Crippen molar-refractivity contribution >= 4 is 71.1 Å². The zero-order chi connectivity index (χ0) is 33.1. The van der Waals surface area contributed by atoms with Gasteiger partial charge in [0.15, 0.2) is 0 Å². The summed E-state index contributed by atoms with van der Waals surface area (Å²) in [6.07, 6.45) is 0. The van der Waals surface area contributed by atoms with Crippen molar-refractivity contribution in [3.05, 3.63) is 123 Å². The molecular weight excluding hydrogens is 681 g/mol. The predicted octanol–water partition coefficient (Wildman–Crippen LogP) is 9.98. The van der Waals surface area contributed by atoms with Gasteiger partial charge in [0.05, 0.1) is 14.7 Å². The number of hydrogen-bond donors (Lipinski definition) is 0. The molecule has 0 amide bonds. The van der Waals surface area contributed by atoms with Crippen molar-refractivity contribution in [2.24, 2.45) is 0 Å². The highest BCUT2D eigenvalue weighted by Gasteiger charge is 2.22. The van der Waals surface area contributed by atoms with E-state index < -0.39 is 30.3 Å². The first kappa shape index (κ1) is 39.5. The molecule has 4 aromatic rings. The molecule has 0 fully saturated rings. The molecule has 0 N–H and O–H groups in total. The normalized spacial score (nSPS) is 10.7. The monoisotopic (exact) mass is 716 g/mol. The van der Waals surface area contributed by atoms with Gasteiger partial charge in [0.1, 0.15) is 0 Å². The highest BCUT2D eigenvalue weighted by atomic mass is 35.8. The summed E-state index contributed by atoms with van der Waals surface area (Å²) < 4.78 is 46.8. The zero-order valence-corrected chi connectivity index (χ0v) is 31.4. The maximum Gasteiger partial charge on any atom is 0.643 e. The molecule has 0 spiro atoms. The molecule has 0 radical (unpaired) electrons. The second-order valence-corrected chi connectivity index (χ2v) is 21.1. The second kappa shape index (κ2) is 17.8. The summed E-state index contributed by atoms with van der Waals surface area (Å²) >= 11 is -1.72. The van der Waals surface area contributed by atoms with Crippen molar-refractivity contribution < 1.29 is 16.8 Å². The third-order valence-electron chi connectivity index (χ3n) is 5.87. The number of sulfone groups is 1. The highest BCUT2D eigenvalue weighted by molar-refractivity contribution is 8.13. The smallest absolute Gasteiger partial charge is 0.218 e. The maximum absolute atomic E-state index is 12.7. The quantitative estimate of drug-likeness (QED) is 0.156. The van der Waals surface area contributed by atoms with Crippen molar-refractivity contribution in [3.63, 3.8) is 0 Å². The molecule has 0 aromatic heterocycles. The lowest BCUT2D eigenvalue weighted by Gasteiger charge is -2.12. The van der Waals surface area contributed by atoms with E-state index in [0.717, 1.165) is 27.8 Å². The highest BCUT2D eigenvalue weighted by Crippen LogP contribution is 2.28. The summed E-state index contributed by atoms with van der Waals surface area (Å²) in [7, 11) is 12.9. The molecule has 0 aliphatic heterocycles. The minimum atomic E-state index is -3.55. The molecule has 43 heavy (non-hydrogen) atoms. The van der Waals surface area contributed by atoms with Crippen LogP contribution in [0.1, 0.15) is 44.5 Å². The average molecular weight is 719 g/mol. The lowest BCUT2D eigenvalue weighted by Crippen LogP contribution is -2.07. The summed E-state index contributed by atoms with van der Waals surface area (Å²) in [5, 5.41) is 0. The van der Waals surface area contributed by atoms with Gasteiger partial charge in [-0.3, -0.25) is 0 Å². The molecule has 11 heteroatoms. The van der Waals surface area contributed by atoms with E-state index in [2.05, 4.69) is 39.0 Å². The molecule has 0 aliphatic carbocycles. The van der Waals surface area contributed by atoms with Crippen LogP contribution < -0.4 is 0 Å². The Morgan fingerprint density at radius 3 is 1.05 bits per heavy atom. The number of rotatable bonds is 3. The summed E-state index contributed by atoms with van der Waals surface area (Å²) in [5.74, 6) is 0. The van der Waals surface area contributed by atoms with Crippen molar-refractivity contribution in [1.82, 2.24) is 0 Å². The molecular formula is C32H37AlCl4O4S2. The summed E-state index contributed by atoms with van der Waals surface area (Å²) in [5.41, 5.74) is 8.81. The van der Waals surface area contributed by atoms with Gasteiger partial charge in [0.2, 0.25) is 9.84 Å². The third-order valence-corrected chi connectivity index (χ3v) is 9.32. The van der Waals surface area contributed by atoms with Crippen molar-refractivity contribution in [1.29, 1.82) is 0 Å². The Labute approximate surface area is 279 Å². The SMILES string of the molecule is Cc1cc(C)cc(C)c1.Cc1ccc(S(=O)(=O)Cl)cc1.Cc1ccc(S(=O)(=O)c2c(C)cc(C)cc2C)cc1.[Cl][Al]([Cl])[Cl]. The van der Waals surface area contributed by atoms with Crippen molar-refractivity contribution in [2.45, 2.75) is 70.1 Å². The van der Waals surface area contributed by atoms with Gasteiger partial charge in [-0.05, 0) is 90.8 Å². The van der Waals surface area contributed by atoms with Crippen LogP contribution in [0.25, 0.3) is 0 Å². The first-order chi connectivity index (χ1) is 19.7. The summed E-state index contributed by atoms with van der Waals surface area (Å²) in [4.78, 5) is 0.930. The maximum atomic E-state index is 12.7. The van der Waals surface area contributed by atoms with E-state index in [-0.39, 0.29) is 4.90 Å². The van der Waals surface area contributed by atoms with Crippen LogP contribution in [0, 0.1) is 55.4 Å². The van der Waals surface area contributed by atoms with E-state index in [1.165, 1.54) is 28.8 Å². The molecule has 232 valence electrons. The largest absolute Gasteiger partial charge is 0.643 e. The number of hydrogen-bond acceptors (Lipinski definition) is 4. The molecule has 0 atom stereocenters. The van der Waals surface area contributed by atoms with E-state index in [1.54, 1.807) is 24.3 Å². The molecule has 0 saturated carbocycles. The van der Waals surface area contributed by atoms with Crippen LogP contribution in [0.5, 0.6) is 0 Å². The van der Waals surface area contributed by atoms with Gasteiger partial charge in [-0.25, -0.2) is 47.0 Å². The van der Waals surface area contributed by atoms with E-state index in [0.29, 0.717) is 9.79 Å². The van der Waals surface area contributed by atoms with Crippen LogP contribution >= 0.6 is 40.8 Å². The molecule has 4 nitrogen and oxygen atoms in total. The van der Waals surface area contributed by atoms with Gasteiger partial charge in [-0.2, -0.15) is 0 Å². The fourth-order valence-electron chi connectivity index (χ4n) is 4.33. The van der Waals surface area contributed by atoms with Gasteiger partial charge in [-0.1, -0.05) is 88.0 Å². The summed E-state index contributed by atoms with van der Waals surface area (Å²) in [6.45, 7) is 15.9. The minimum absolute atomic E-state index is 0.143. The molecule has 0 saturated heterocycles. The topological polar surface area (TPSA) is 68.3 Å². The molecule has 4 aromatic carbocycles. The Bertz CT molecular complexity index is 1630. The third kappa shape index (κ3) is 14.4. The standard InChI is InChI=1S/C16H18O2S.C9H12.C7H7ClO2S.Al.3ClH/c1-11-5-7-15(8-6-11)19(17,18)16-13(3)9-12(2)10-14(16)4;1-7-4-8(2)6-9(3)5-7;1-6-2-4-7(5-3-6)11(8,9)10;;;;/h5-10H,1-4H3;4-6H,1-3H3;2-5H,1H3;;3*1H/q;;;+3;;;/p-3. The predicted molar refractivity (Wildman–Crippen MR) is 185 cm³/mol. The average Bonchev–Trinajstić information content (AvgIpc) is 2.83. The van der Waals surface area contributed by atoms with E-state index in [4.69, 9.17) is 40.8 Å². The Hall–Kier alpha value is -1.53. The minimum Gasteiger partial charge on any atom is -0.218 e. The van der Waals surface area contributed by atoms with E-state index >= 15 is 0 Å². The van der Waals surface area contributed by atoms with Crippen LogP contribution in [0.4, 0.5) is 0 Å². The Morgan fingerprint density at radius 2 is 0.744 bits per heavy atom. The van der Waals surface area contributed by atoms with Crippen molar-refractivity contribution in [2.75, 3.05) is 0 Å². The molecule has 0 aliphatic rings. The van der Waals surface area contributed by atoms with Crippen molar-refractivity contribution in [3.8, 4) is 0 Å². The Balaban J connectivity index is 0.000000327. The lowest BCUT2D eigenvalue weighted by atomic mass is 10.1. The number of aryl methyl sites for hydroxylation is 8. The first-order valence-electron chi connectivity index (χ1n) is 13.1. The second-order valence-electron chi connectivity index (χ2n) is 10.2. The van der Waals surface area contributed by atoms with Crippen LogP contribution in [0.15, 0.2) is 93.5 Å². The van der Waals surface area contributed by atoms with Gasteiger partial charge in [0, 0.05) is 10.7 Å². The Kier molecular flexibility index (Phi) is 16.4. The van der Waals surface area contributed by atoms with E-state index in [1.807, 2.05) is 58.9 Å². The molecule has 0 heterocycles. The van der Waals surface area contributed by atoms with Gasteiger partial charge in [-0.15, -0.1) is 0 Å². The van der Waals surface area contributed by atoms with Crippen LogP contribution in [0.2, 0.25) is 0 Å². The summed E-state index contributed by atoms with van der Waals surface area (Å²) in [6, 6.07) is 23.7. The molecule has 4 rings (SSSR count). The fraction of sp³-hybridized carbons (Fsp3) is 0.250. The molecule has 0 unspecified atom stereocenters. The Morgan fingerprint density at radius 1 is 0.465 bits per heavy atom. The number of halogens is 4. The lowest BCUT2D eigenvalue weighted by molar-refractivity contribution is 0.594. The van der Waals surface area contributed by atoms with Crippen LogP contribution in [-0.2, 0) is 18.9 Å². The van der Waals surface area contributed by atoms with Crippen LogP contribution in [0.3, 0.4) is 0 Å². The van der Waals surface area contributed by atoms with Gasteiger partial charge < -0.3 is 0 Å². The van der Waals surface area contributed by atoms with E-state index in [9.17, 15) is 16.8 Å². The first-order valence-corrected chi connectivity index (χ1v) is 22.1.